The van der Waals surface area contributed by atoms with Crippen molar-refractivity contribution in [1.82, 2.24) is 0 Å². The van der Waals surface area contributed by atoms with Gasteiger partial charge in [-0.25, -0.2) is 0 Å². The molecule has 0 atom stereocenters. The van der Waals surface area contributed by atoms with Gasteiger partial charge in [0.2, 0.25) is 0 Å². The minimum atomic E-state index is -5.10. The van der Waals surface area contributed by atoms with Crippen LogP contribution < -0.4 is 14.7 Å². The summed E-state index contributed by atoms with van der Waals surface area (Å²) >= 11 is -5.10. The second-order valence-electron chi connectivity index (χ2n) is 2.49. The maximum atomic E-state index is 10.9. The summed E-state index contributed by atoms with van der Waals surface area (Å²) in [6.07, 6.45) is 0. The molecule has 0 saturated heterocycles. The van der Waals surface area contributed by atoms with Gasteiger partial charge in [-0.1, -0.05) is 0 Å². The second kappa shape index (κ2) is 3.64. The molecule has 1 aromatic rings. The molecule has 0 unspecified atom stereocenters. The number of rotatable bonds is 2. The van der Waals surface area contributed by atoms with Gasteiger partial charge >= 0.3 is 80.8 Å². The zero-order valence-electron chi connectivity index (χ0n) is 6.73. The van der Waals surface area contributed by atoms with Gasteiger partial charge in [0.1, 0.15) is 0 Å². The van der Waals surface area contributed by atoms with Gasteiger partial charge in [0.25, 0.3) is 0 Å². The Bertz CT molecular complexity index is 386. The van der Waals surface area contributed by atoms with Gasteiger partial charge in [-0.15, -0.1) is 0 Å². The topological polar surface area (TPSA) is 124 Å². The Labute approximate surface area is 81.4 Å². The van der Waals surface area contributed by atoms with Crippen LogP contribution >= 0.6 is 0 Å². The average molecular weight is 264 g/mol. The third-order valence-electron chi connectivity index (χ3n) is 1.49. The monoisotopic (exact) mass is 264 g/mol. The first-order valence-corrected chi connectivity index (χ1v) is 6.75. The minimum absolute atomic E-state index is 0.397. The average Bonchev–Trinajstić information content (AvgIpc) is 2.02. The fourth-order valence-corrected chi connectivity index (χ4v) is 2.02. The first-order valence-electron chi connectivity index (χ1n) is 3.37. The van der Waals surface area contributed by atoms with E-state index in [9.17, 15) is 8.85 Å². The number of nitrogens with zero attached hydrogens (tertiary/aromatic N) is 1. The van der Waals surface area contributed by atoms with E-state index in [1.165, 1.54) is 0 Å². The number of hydrogen-bond acceptors (Lipinski definition) is 5. The van der Waals surface area contributed by atoms with E-state index in [1.54, 1.807) is 0 Å². The van der Waals surface area contributed by atoms with Gasteiger partial charge in [0.15, 0.2) is 0 Å². The van der Waals surface area contributed by atoms with Crippen LogP contribution in [0.1, 0.15) is 0 Å². The molecule has 0 amide bonds. The van der Waals surface area contributed by atoms with Crippen molar-refractivity contribution in [2.24, 2.45) is 0 Å². The van der Waals surface area contributed by atoms with Crippen LogP contribution in [-0.2, 0) is 3.74 Å². The van der Waals surface area contributed by atoms with Crippen molar-refractivity contribution in [1.29, 1.82) is 0 Å². The Morgan fingerprint density at radius 2 is 1.86 bits per heavy atom. The van der Waals surface area contributed by atoms with Crippen molar-refractivity contribution in [2.75, 3.05) is 5.23 Å². The van der Waals surface area contributed by atoms with Crippen LogP contribution in [0, 0.1) is 0 Å². The van der Waals surface area contributed by atoms with E-state index in [0.29, 0.717) is 0 Å². The first kappa shape index (κ1) is 11.1. The van der Waals surface area contributed by atoms with Gasteiger partial charge in [-0.3, -0.25) is 0 Å². The van der Waals surface area contributed by atoms with Gasteiger partial charge in [-0.2, -0.15) is 0 Å². The first-order chi connectivity index (χ1) is 6.32. The molecule has 0 radical (unpaired) electrons. The van der Waals surface area contributed by atoms with Crippen LogP contribution in [0.4, 0.5) is 5.69 Å². The van der Waals surface area contributed by atoms with E-state index >= 15 is 0 Å². The molecule has 0 bridgehead atoms. The quantitative estimate of drug-likeness (QED) is 0.356. The third-order valence-corrected chi connectivity index (χ3v) is 3.49. The number of hydrogen-bond donors (Lipinski definition) is 4. The summed E-state index contributed by atoms with van der Waals surface area (Å²) in [5, 5.41) is 27.5. The summed E-state index contributed by atoms with van der Waals surface area (Å²) in [4.78, 5) is 0. The molecule has 0 aliphatic rings. The van der Waals surface area contributed by atoms with Crippen LogP contribution in [0.5, 0.6) is 5.75 Å². The molecule has 0 spiro atoms. The molecule has 1 rings (SSSR count). The Balaban J connectivity index is 3.27. The zero-order chi connectivity index (χ0) is 10.9. The summed E-state index contributed by atoms with van der Waals surface area (Å²) < 4.78 is 27.9. The molecule has 0 heterocycles. The maximum absolute atomic E-state index is 10.9. The molecule has 8 heteroatoms. The molecule has 0 aliphatic heterocycles. The molecule has 0 aromatic heterocycles. The summed E-state index contributed by atoms with van der Waals surface area (Å²) in [5.74, 6) is -0.748. The van der Waals surface area contributed by atoms with Crippen molar-refractivity contribution in [3.63, 3.8) is 0 Å². The van der Waals surface area contributed by atoms with Crippen molar-refractivity contribution >= 4 is 24.2 Å². The molecule has 14 heavy (non-hydrogen) atoms. The van der Waals surface area contributed by atoms with E-state index in [2.05, 4.69) is 0 Å². The van der Waals surface area contributed by atoms with E-state index in [4.69, 9.17) is 18.6 Å². The van der Waals surface area contributed by atoms with Crippen molar-refractivity contribution in [3.05, 3.63) is 18.2 Å². The van der Waals surface area contributed by atoms with Crippen molar-refractivity contribution in [3.8, 4) is 5.75 Å². The fourth-order valence-electron chi connectivity index (χ4n) is 0.843. The summed E-state index contributed by atoms with van der Waals surface area (Å²) in [6, 6.07) is 2.54. The van der Waals surface area contributed by atoms with Crippen LogP contribution in [0.3, 0.4) is 0 Å². The number of anilines is 1. The fraction of sp³-hybridized carbons (Fsp3) is 0. The molecule has 4 N–H and O–H groups in total. The third kappa shape index (κ3) is 2.28. The molecule has 7 nitrogen and oxygen atoms in total. The second-order valence-corrected chi connectivity index (χ2v) is 5.85. The molecule has 1 aromatic carbocycles. The predicted molar refractivity (Wildman–Crippen MR) is 42.5 cm³/mol. The van der Waals surface area contributed by atoms with Crippen LogP contribution in [0.2, 0.25) is 0 Å². The molecule has 0 fully saturated rings. The predicted octanol–water partition coefficient (Wildman–Crippen LogP) is -2.09. The van der Waals surface area contributed by atoms with E-state index in [1.807, 2.05) is 0 Å². The standard InChI is InChI=1S/C6H8AsNO6/c9-6-2-1-4(7(10,11)12)3-5(6)8(13)14/h1-3,9,13-14H,(H2,10,11,12)/p-1. The Kier molecular flexibility index (Phi) is 2.89. The normalized spacial score (nSPS) is 11.4. The SMILES string of the molecule is O=[As](O)(O)c1ccc([O-])c(N(O)O)c1. The molecule has 78 valence electrons. The van der Waals surface area contributed by atoms with Gasteiger partial charge < -0.3 is 0 Å². The molecule has 0 aliphatic carbocycles. The van der Waals surface area contributed by atoms with Crippen molar-refractivity contribution < 1.29 is 27.5 Å². The van der Waals surface area contributed by atoms with Gasteiger partial charge in [-0.05, 0) is 0 Å². The summed E-state index contributed by atoms with van der Waals surface area (Å²) in [5.41, 5.74) is -0.604. The van der Waals surface area contributed by atoms with Crippen LogP contribution in [0.15, 0.2) is 18.2 Å². The number of benzene rings is 1. The van der Waals surface area contributed by atoms with Crippen LogP contribution in [-0.4, -0.2) is 32.8 Å². The van der Waals surface area contributed by atoms with Crippen molar-refractivity contribution in [2.45, 2.75) is 0 Å². The van der Waals surface area contributed by atoms with Gasteiger partial charge in [0.05, 0.1) is 0 Å². The van der Waals surface area contributed by atoms with E-state index in [-0.39, 0.29) is 0 Å². The van der Waals surface area contributed by atoms with Gasteiger partial charge in [0, 0.05) is 0 Å². The summed E-state index contributed by atoms with van der Waals surface area (Å²) in [7, 11) is 0. The van der Waals surface area contributed by atoms with E-state index in [0.717, 1.165) is 18.2 Å². The zero-order valence-corrected chi connectivity index (χ0v) is 8.61. The molecule has 0 saturated carbocycles. The Hall–Kier alpha value is -0.982. The Morgan fingerprint density at radius 1 is 1.29 bits per heavy atom. The van der Waals surface area contributed by atoms with E-state index < -0.39 is 35.2 Å². The van der Waals surface area contributed by atoms with Crippen LogP contribution in [0.25, 0.3) is 0 Å². The molecular weight excluding hydrogens is 257 g/mol. The molecular formula is C6H7AsNO6-. The Morgan fingerprint density at radius 3 is 2.29 bits per heavy atom. The summed E-state index contributed by atoms with van der Waals surface area (Å²) in [6.45, 7) is 0.